The topological polar surface area (TPSA) is 62.0 Å². The second kappa shape index (κ2) is 7.27. The maximum atomic E-state index is 11.6. The maximum Gasteiger partial charge on any atom is 0.252 e. The molecular weight excluding hydrogens is 284 g/mol. The van der Waals surface area contributed by atoms with Crippen LogP contribution in [0, 0.1) is 5.92 Å². The first kappa shape index (κ1) is 14.0. The summed E-state index contributed by atoms with van der Waals surface area (Å²) in [5, 5.41) is 3.81. The number of aromatic nitrogens is 1. The number of halogens is 1. The average molecular weight is 301 g/mol. The van der Waals surface area contributed by atoms with Gasteiger partial charge in [-0.05, 0) is 24.8 Å². The summed E-state index contributed by atoms with van der Waals surface area (Å²) in [5.74, 6) is 0.479. The van der Waals surface area contributed by atoms with Crippen LogP contribution in [0.4, 0.5) is 0 Å². The van der Waals surface area contributed by atoms with Crippen molar-refractivity contribution in [3.8, 4) is 0 Å². The van der Waals surface area contributed by atoms with Crippen molar-refractivity contribution in [3.05, 3.63) is 34.2 Å². The first-order valence-electron chi connectivity index (χ1n) is 5.66. The van der Waals surface area contributed by atoms with Crippen LogP contribution in [0.3, 0.4) is 0 Å². The van der Waals surface area contributed by atoms with Gasteiger partial charge in [-0.25, -0.2) is 0 Å². The van der Waals surface area contributed by atoms with Gasteiger partial charge in [-0.15, -0.1) is 0 Å². The summed E-state index contributed by atoms with van der Waals surface area (Å²) >= 11 is 3.42. The van der Waals surface area contributed by atoms with Crippen molar-refractivity contribution < 1.29 is 4.79 Å². The highest BCUT2D eigenvalue weighted by Gasteiger charge is 2.05. The van der Waals surface area contributed by atoms with Crippen molar-refractivity contribution in [1.82, 2.24) is 10.3 Å². The molecule has 0 saturated carbocycles. The Morgan fingerprint density at radius 2 is 2.29 bits per heavy atom. The molecule has 1 aromatic heterocycles. The number of H-pyrrole nitrogens is 1. The van der Waals surface area contributed by atoms with E-state index in [9.17, 15) is 9.59 Å². The van der Waals surface area contributed by atoms with Crippen molar-refractivity contribution in [2.75, 3.05) is 11.9 Å². The smallest absolute Gasteiger partial charge is 0.252 e. The number of hydrogen-bond acceptors (Lipinski definition) is 2. The summed E-state index contributed by atoms with van der Waals surface area (Å²) in [6.45, 7) is 2.83. The zero-order valence-electron chi connectivity index (χ0n) is 9.83. The summed E-state index contributed by atoms with van der Waals surface area (Å²) in [5.41, 5.74) is 0.283. The van der Waals surface area contributed by atoms with E-state index in [4.69, 9.17) is 0 Å². The number of rotatable bonds is 6. The van der Waals surface area contributed by atoms with Crippen molar-refractivity contribution in [3.63, 3.8) is 0 Å². The molecule has 0 fully saturated rings. The summed E-state index contributed by atoms with van der Waals surface area (Å²) in [6.07, 6.45) is 3.47. The molecule has 1 atom stereocenters. The second-order valence-corrected chi connectivity index (χ2v) is 4.75. The lowest BCUT2D eigenvalue weighted by atomic mass is 10.1. The van der Waals surface area contributed by atoms with Crippen LogP contribution in [0.2, 0.25) is 0 Å². The van der Waals surface area contributed by atoms with Crippen molar-refractivity contribution >= 4 is 21.8 Å². The lowest BCUT2D eigenvalue weighted by molar-refractivity contribution is 0.0952. The molecule has 1 aromatic rings. The number of pyridine rings is 1. The highest BCUT2D eigenvalue weighted by molar-refractivity contribution is 9.09. The summed E-state index contributed by atoms with van der Waals surface area (Å²) in [6, 6.07) is 2.87. The Labute approximate surface area is 109 Å². The molecule has 0 aromatic carbocycles. The monoisotopic (exact) mass is 300 g/mol. The molecule has 4 nitrogen and oxygen atoms in total. The van der Waals surface area contributed by atoms with E-state index < -0.39 is 0 Å². The first-order chi connectivity index (χ1) is 8.13. The Kier molecular flexibility index (Phi) is 5.97. The molecule has 0 aliphatic rings. The SMILES string of the molecule is CC(CBr)CCCNC(=O)c1ccc(=O)[nH]c1. The lowest BCUT2D eigenvalue weighted by Gasteiger charge is -2.08. The number of amides is 1. The van der Waals surface area contributed by atoms with Crippen LogP contribution in [0.25, 0.3) is 0 Å². The number of nitrogens with one attached hydrogen (secondary N) is 2. The van der Waals surface area contributed by atoms with Crippen molar-refractivity contribution in [1.29, 1.82) is 0 Å². The Hall–Kier alpha value is -1.10. The predicted octanol–water partition coefficient (Wildman–Crippen LogP) is 1.92. The molecule has 0 radical (unpaired) electrons. The molecule has 17 heavy (non-hydrogen) atoms. The van der Waals surface area contributed by atoms with E-state index in [1.165, 1.54) is 18.3 Å². The fourth-order valence-electron chi connectivity index (χ4n) is 1.38. The van der Waals surface area contributed by atoms with Gasteiger partial charge in [0.05, 0.1) is 5.56 Å². The van der Waals surface area contributed by atoms with Crippen molar-refractivity contribution in [2.45, 2.75) is 19.8 Å². The molecule has 1 heterocycles. The van der Waals surface area contributed by atoms with Gasteiger partial charge in [0, 0.05) is 24.1 Å². The summed E-state index contributed by atoms with van der Waals surface area (Å²) in [4.78, 5) is 24.9. The summed E-state index contributed by atoms with van der Waals surface area (Å²) < 4.78 is 0. The minimum absolute atomic E-state index is 0.146. The van der Waals surface area contributed by atoms with Crippen LogP contribution in [-0.4, -0.2) is 22.8 Å². The van der Waals surface area contributed by atoms with Crippen LogP contribution in [0.5, 0.6) is 0 Å². The van der Waals surface area contributed by atoms with E-state index in [2.05, 4.69) is 33.2 Å². The van der Waals surface area contributed by atoms with Crippen LogP contribution in [-0.2, 0) is 0 Å². The normalized spacial score (nSPS) is 12.1. The Balaban J connectivity index is 2.30. The van der Waals surface area contributed by atoms with Crippen LogP contribution in [0.1, 0.15) is 30.1 Å². The summed E-state index contributed by atoms with van der Waals surface area (Å²) in [7, 11) is 0. The minimum atomic E-state index is -0.201. The first-order valence-corrected chi connectivity index (χ1v) is 6.78. The van der Waals surface area contributed by atoms with E-state index in [1.807, 2.05) is 0 Å². The fraction of sp³-hybridized carbons (Fsp3) is 0.500. The molecule has 2 N–H and O–H groups in total. The largest absolute Gasteiger partial charge is 0.352 e. The molecular formula is C12H17BrN2O2. The van der Waals surface area contributed by atoms with Crippen LogP contribution < -0.4 is 10.9 Å². The average Bonchev–Trinajstić information content (AvgIpc) is 2.34. The predicted molar refractivity (Wildman–Crippen MR) is 71.6 cm³/mol. The molecule has 1 unspecified atom stereocenters. The van der Waals surface area contributed by atoms with Crippen LogP contribution >= 0.6 is 15.9 Å². The Morgan fingerprint density at radius 1 is 1.53 bits per heavy atom. The molecule has 5 heteroatoms. The molecule has 0 aliphatic carbocycles. The number of alkyl halides is 1. The van der Waals surface area contributed by atoms with Gasteiger partial charge in [-0.2, -0.15) is 0 Å². The van der Waals surface area contributed by atoms with Gasteiger partial charge in [0.1, 0.15) is 0 Å². The third-order valence-electron chi connectivity index (χ3n) is 2.47. The fourth-order valence-corrected chi connectivity index (χ4v) is 1.71. The second-order valence-electron chi connectivity index (χ2n) is 4.10. The number of hydrogen-bond donors (Lipinski definition) is 2. The number of carbonyl (C=O) groups is 1. The van der Waals surface area contributed by atoms with E-state index in [-0.39, 0.29) is 11.5 Å². The van der Waals surface area contributed by atoms with Gasteiger partial charge in [-0.3, -0.25) is 9.59 Å². The third kappa shape index (κ3) is 5.17. The zero-order valence-corrected chi connectivity index (χ0v) is 11.4. The lowest BCUT2D eigenvalue weighted by Crippen LogP contribution is -2.25. The number of aromatic amines is 1. The van der Waals surface area contributed by atoms with E-state index in [0.717, 1.165) is 18.2 Å². The standard InChI is InChI=1S/C12H17BrN2O2/c1-9(7-13)3-2-6-14-12(17)10-4-5-11(16)15-8-10/h4-5,8-9H,2-3,6-7H2,1H3,(H,14,17)(H,15,16). The van der Waals surface area contributed by atoms with Crippen molar-refractivity contribution in [2.24, 2.45) is 5.92 Å². The maximum absolute atomic E-state index is 11.6. The molecule has 94 valence electrons. The van der Waals surface area contributed by atoms with E-state index in [0.29, 0.717) is 18.0 Å². The van der Waals surface area contributed by atoms with Gasteiger partial charge >= 0.3 is 0 Å². The molecule has 1 rings (SSSR count). The van der Waals surface area contributed by atoms with Gasteiger partial charge in [0.15, 0.2) is 0 Å². The van der Waals surface area contributed by atoms with Crippen LogP contribution in [0.15, 0.2) is 23.1 Å². The van der Waals surface area contributed by atoms with Gasteiger partial charge in [-0.1, -0.05) is 22.9 Å². The molecule has 1 amide bonds. The third-order valence-corrected chi connectivity index (χ3v) is 3.57. The van der Waals surface area contributed by atoms with E-state index >= 15 is 0 Å². The highest BCUT2D eigenvalue weighted by atomic mass is 79.9. The van der Waals surface area contributed by atoms with Gasteiger partial charge in [0.25, 0.3) is 5.91 Å². The molecule has 0 saturated heterocycles. The van der Waals surface area contributed by atoms with E-state index in [1.54, 1.807) is 0 Å². The Morgan fingerprint density at radius 3 is 2.88 bits per heavy atom. The number of carbonyl (C=O) groups excluding carboxylic acids is 1. The minimum Gasteiger partial charge on any atom is -0.352 e. The molecule has 0 aliphatic heterocycles. The zero-order chi connectivity index (χ0) is 12.7. The van der Waals surface area contributed by atoms with Gasteiger partial charge in [0.2, 0.25) is 5.56 Å². The van der Waals surface area contributed by atoms with Gasteiger partial charge < -0.3 is 10.3 Å². The quantitative estimate of drug-likeness (QED) is 0.623. The molecule has 0 spiro atoms. The Bertz CT molecular complexity index is 397. The molecule has 0 bridgehead atoms. The highest BCUT2D eigenvalue weighted by Crippen LogP contribution is 2.07.